The first-order chi connectivity index (χ1) is 15.1. The zero-order chi connectivity index (χ0) is 21.4. The Morgan fingerprint density at radius 1 is 1.03 bits per heavy atom. The van der Waals surface area contributed by atoms with E-state index in [9.17, 15) is 0 Å². The Morgan fingerprint density at radius 2 is 1.81 bits per heavy atom. The van der Waals surface area contributed by atoms with Crippen molar-refractivity contribution in [2.24, 2.45) is 5.92 Å². The van der Waals surface area contributed by atoms with E-state index in [1.165, 1.54) is 32.0 Å². The summed E-state index contributed by atoms with van der Waals surface area (Å²) in [4.78, 5) is 8.84. The lowest BCUT2D eigenvalue weighted by atomic mass is 9.93. The van der Waals surface area contributed by atoms with E-state index >= 15 is 0 Å². The van der Waals surface area contributed by atoms with E-state index in [0.29, 0.717) is 52.0 Å². The number of aromatic nitrogens is 2. The summed E-state index contributed by atoms with van der Waals surface area (Å²) in [5, 5.41) is 8.78. The first-order valence-electron chi connectivity index (χ1n) is 10.5. The van der Waals surface area contributed by atoms with Crippen molar-refractivity contribution in [2.45, 2.75) is 37.8 Å². The second kappa shape index (κ2) is 9.87. The summed E-state index contributed by atoms with van der Waals surface area (Å²) in [7, 11) is 1.65. The maximum Gasteiger partial charge on any atom is 0.163 e. The molecule has 2 saturated heterocycles. The van der Waals surface area contributed by atoms with Crippen LogP contribution in [-0.2, 0) is 0 Å². The van der Waals surface area contributed by atoms with Crippen LogP contribution in [0.25, 0.3) is 10.9 Å². The SMILES string of the molecule is COc1cc2c(Nc3ccc(Cl)c(Cl)c3)ncnc2cc1OC[C@H]1C[C@H]2CC[C@@H](C1)N2.Cl. The van der Waals surface area contributed by atoms with Crippen LogP contribution >= 0.6 is 35.6 Å². The second-order valence-electron chi connectivity index (χ2n) is 8.28. The van der Waals surface area contributed by atoms with Crippen LogP contribution in [0.5, 0.6) is 11.5 Å². The molecule has 9 heteroatoms. The first-order valence-corrected chi connectivity index (χ1v) is 11.3. The highest BCUT2D eigenvalue weighted by Gasteiger charge is 2.33. The van der Waals surface area contributed by atoms with Crippen molar-refractivity contribution in [1.82, 2.24) is 15.3 Å². The highest BCUT2D eigenvalue weighted by atomic mass is 35.5. The predicted molar refractivity (Wildman–Crippen MR) is 131 cm³/mol. The van der Waals surface area contributed by atoms with Gasteiger partial charge in [0.05, 0.1) is 29.3 Å². The Kier molecular flexibility index (Phi) is 7.15. The van der Waals surface area contributed by atoms with Crippen LogP contribution in [0.3, 0.4) is 0 Å². The van der Waals surface area contributed by atoms with E-state index in [1.807, 2.05) is 18.2 Å². The topological polar surface area (TPSA) is 68.3 Å². The summed E-state index contributed by atoms with van der Waals surface area (Å²) < 4.78 is 11.9. The molecule has 32 heavy (non-hydrogen) atoms. The minimum atomic E-state index is 0. The fourth-order valence-corrected chi connectivity index (χ4v) is 4.96. The Hall–Kier alpha value is -1.99. The number of nitrogens with one attached hydrogen (secondary N) is 2. The Balaban J connectivity index is 0.00000245. The number of halogens is 3. The maximum atomic E-state index is 6.22. The van der Waals surface area contributed by atoms with Gasteiger partial charge >= 0.3 is 0 Å². The van der Waals surface area contributed by atoms with Crippen LogP contribution in [0.2, 0.25) is 10.0 Å². The van der Waals surface area contributed by atoms with Crippen LogP contribution in [0, 0.1) is 5.92 Å². The van der Waals surface area contributed by atoms with Crippen molar-refractivity contribution in [1.29, 1.82) is 0 Å². The molecule has 0 spiro atoms. The van der Waals surface area contributed by atoms with E-state index < -0.39 is 0 Å². The number of fused-ring (bicyclic) bond motifs is 3. The third-order valence-corrected chi connectivity index (χ3v) is 6.89. The normalized spacial score (nSPS) is 21.8. The molecule has 3 heterocycles. The average molecular weight is 496 g/mol. The van der Waals surface area contributed by atoms with Crippen molar-refractivity contribution in [3.63, 3.8) is 0 Å². The Bertz CT molecular complexity index is 1100. The van der Waals surface area contributed by atoms with E-state index in [0.717, 1.165) is 16.6 Å². The lowest BCUT2D eigenvalue weighted by molar-refractivity contribution is 0.185. The van der Waals surface area contributed by atoms with Crippen molar-refractivity contribution >= 4 is 58.0 Å². The van der Waals surface area contributed by atoms with Crippen molar-refractivity contribution in [2.75, 3.05) is 19.0 Å². The molecule has 2 N–H and O–H groups in total. The summed E-state index contributed by atoms with van der Waals surface area (Å²) >= 11 is 12.2. The number of benzene rings is 2. The highest BCUT2D eigenvalue weighted by Crippen LogP contribution is 2.37. The molecule has 3 aromatic rings. The van der Waals surface area contributed by atoms with Gasteiger partial charge in [0.25, 0.3) is 0 Å². The number of methoxy groups -OCH3 is 1. The van der Waals surface area contributed by atoms with Gasteiger partial charge < -0.3 is 20.1 Å². The summed E-state index contributed by atoms with van der Waals surface area (Å²) in [5.74, 6) is 2.59. The molecule has 0 aliphatic carbocycles. The summed E-state index contributed by atoms with van der Waals surface area (Å²) in [6.45, 7) is 0.690. The van der Waals surface area contributed by atoms with Gasteiger partial charge in [0, 0.05) is 29.2 Å². The molecular formula is C23H25Cl3N4O2. The number of piperidine rings is 1. The zero-order valence-electron chi connectivity index (χ0n) is 17.6. The number of anilines is 2. The Labute approximate surface area is 203 Å². The molecule has 0 unspecified atom stereocenters. The van der Waals surface area contributed by atoms with Crippen LogP contribution in [0.4, 0.5) is 11.5 Å². The molecule has 2 aliphatic heterocycles. The molecule has 0 amide bonds. The van der Waals surface area contributed by atoms with Gasteiger partial charge in [-0.2, -0.15) is 0 Å². The van der Waals surface area contributed by atoms with Crippen LogP contribution in [-0.4, -0.2) is 35.8 Å². The molecule has 1 aromatic heterocycles. The van der Waals surface area contributed by atoms with Crippen LogP contribution in [0.15, 0.2) is 36.7 Å². The molecule has 2 bridgehead atoms. The summed E-state index contributed by atoms with van der Waals surface area (Å²) in [5.41, 5.74) is 1.56. The Morgan fingerprint density at radius 3 is 2.53 bits per heavy atom. The van der Waals surface area contributed by atoms with Crippen molar-refractivity contribution < 1.29 is 9.47 Å². The predicted octanol–water partition coefficient (Wildman–Crippen LogP) is 6.02. The van der Waals surface area contributed by atoms with E-state index in [4.69, 9.17) is 32.7 Å². The molecule has 2 fully saturated rings. The number of rotatable bonds is 6. The van der Waals surface area contributed by atoms with Crippen molar-refractivity contribution in [3.05, 3.63) is 46.7 Å². The van der Waals surface area contributed by atoms with E-state index in [-0.39, 0.29) is 12.4 Å². The molecular weight excluding hydrogens is 471 g/mol. The number of hydrogen-bond acceptors (Lipinski definition) is 6. The summed E-state index contributed by atoms with van der Waals surface area (Å²) in [6, 6.07) is 10.5. The van der Waals surface area contributed by atoms with E-state index in [1.54, 1.807) is 19.2 Å². The number of nitrogens with zero attached hydrogens (tertiary/aromatic N) is 2. The molecule has 170 valence electrons. The first kappa shape index (κ1) is 23.2. The van der Waals surface area contributed by atoms with Gasteiger partial charge in [0.15, 0.2) is 11.5 Å². The lowest BCUT2D eigenvalue weighted by Gasteiger charge is -2.29. The summed E-state index contributed by atoms with van der Waals surface area (Å²) in [6.07, 6.45) is 6.44. The molecule has 5 rings (SSSR count). The minimum Gasteiger partial charge on any atom is -0.493 e. The van der Waals surface area contributed by atoms with Crippen molar-refractivity contribution in [3.8, 4) is 11.5 Å². The fourth-order valence-electron chi connectivity index (χ4n) is 4.67. The third-order valence-electron chi connectivity index (χ3n) is 6.15. The van der Waals surface area contributed by atoms with Gasteiger partial charge in [-0.15, -0.1) is 12.4 Å². The van der Waals surface area contributed by atoms with Gasteiger partial charge in [-0.25, -0.2) is 9.97 Å². The number of ether oxygens (including phenoxy) is 2. The maximum absolute atomic E-state index is 6.22. The highest BCUT2D eigenvalue weighted by molar-refractivity contribution is 6.42. The standard InChI is InChI=1S/C23H24Cl2N4O2.ClH/c1-30-21-9-17-20(10-22(21)31-11-13-6-14-2-3-15(7-13)28-14)26-12-27-23(17)29-16-4-5-18(24)19(25)8-16;/h4-5,8-10,12-15,28H,2-3,6-7,11H2,1H3,(H,26,27,29);1H/t13-,14+,15-;. The van der Waals surface area contributed by atoms with Gasteiger partial charge in [0.1, 0.15) is 12.1 Å². The average Bonchev–Trinajstić information content (AvgIpc) is 3.12. The monoisotopic (exact) mass is 494 g/mol. The van der Waals surface area contributed by atoms with Gasteiger partial charge in [-0.1, -0.05) is 23.2 Å². The minimum absolute atomic E-state index is 0. The number of hydrogen-bond donors (Lipinski definition) is 2. The van der Waals surface area contributed by atoms with Crippen LogP contribution in [0.1, 0.15) is 25.7 Å². The molecule has 3 atom stereocenters. The molecule has 0 saturated carbocycles. The quantitative estimate of drug-likeness (QED) is 0.436. The van der Waals surface area contributed by atoms with E-state index in [2.05, 4.69) is 20.6 Å². The second-order valence-corrected chi connectivity index (χ2v) is 9.10. The molecule has 2 aromatic carbocycles. The largest absolute Gasteiger partial charge is 0.493 e. The lowest BCUT2D eigenvalue weighted by Crippen LogP contribution is -2.39. The van der Waals surface area contributed by atoms with Gasteiger partial charge in [0.2, 0.25) is 0 Å². The third kappa shape index (κ3) is 4.84. The zero-order valence-corrected chi connectivity index (χ0v) is 19.9. The molecule has 6 nitrogen and oxygen atoms in total. The molecule has 0 radical (unpaired) electrons. The fraction of sp³-hybridized carbons (Fsp3) is 0.391. The van der Waals surface area contributed by atoms with Gasteiger partial charge in [-0.05, 0) is 55.9 Å². The smallest absolute Gasteiger partial charge is 0.163 e. The molecule has 2 aliphatic rings. The van der Waals surface area contributed by atoms with Gasteiger partial charge in [-0.3, -0.25) is 0 Å². The van der Waals surface area contributed by atoms with Crippen LogP contribution < -0.4 is 20.1 Å².